The minimum Gasteiger partial charge on any atom is -0.271 e. The second kappa shape index (κ2) is 6.13. The van der Waals surface area contributed by atoms with Crippen LogP contribution in [0.3, 0.4) is 0 Å². The monoisotopic (exact) mass is 364 g/mol. The van der Waals surface area contributed by atoms with Gasteiger partial charge < -0.3 is 0 Å². The number of hydrazine groups is 1. The lowest BCUT2D eigenvalue weighted by Crippen LogP contribution is -2.31. The molecule has 0 amide bonds. The number of rotatable bonds is 3. The van der Waals surface area contributed by atoms with Crippen molar-refractivity contribution in [1.29, 1.82) is 0 Å². The molecule has 0 aromatic heterocycles. The van der Waals surface area contributed by atoms with Crippen molar-refractivity contribution in [2.75, 3.05) is 0 Å². The molecule has 2 aromatic carbocycles. The Morgan fingerprint density at radius 1 is 1.10 bits per heavy atom. The maximum atomic E-state index is 14.1. The van der Waals surface area contributed by atoms with Crippen LogP contribution < -0.4 is 11.3 Å². The third kappa shape index (κ3) is 2.69. The molecule has 7 heteroatoms. The van der Waals surface area contributed by atoms with Gasteiger partial charge in [0, 0.05) is 11.1 Å². The van der Waals surface area contributed by atoms with Gasteiger partial charge in [-0.25, -0.2) is 18.6 Å². The Bertz CT molecular complexity index is 652. The van der Waals surface area contributed by atoms with Crippen LogP contribution in [0.15, 0.2) is 34.8 Å². The summed E-state index contributed by atoms with van der Waals surface area (Å²) >= 11 is 8.63. The Morgan fingerprint density at radius 2 is 1.80 bits per heavy atom. The normalized spacial score (nSPS) is 12.5. The fraction of sp³-hybridized carbons (Fsp3) is 0.0769. The quantitative estimate of drug-likeness (QED) is 0.489. The average Bonchev–Trinajstić information content (AvgIpc) is 2.43. The number of hydrogen-bond acceptors (Lipinski definition) is 2. The maximum Gasteiger partial charge on any atom is 0.146 e. The SMILES string of the molecule is NNC(c1cccc(Cl)c1F)c1c(F)ccc(Br)c1F. The van der Waals surface area contributed by atoms with Gasteiger partial charge >= 0.3 is 0 Å². The molecule has 0 aliphatic rings. The lowest BCUT2D eigenvalue weighted by Gasteiger charge is -2.19. The summed E-state index contributed by atoms with van der Waals surface area (Å²) in [6, 6.07) is 5.24. The molecule has 0 heterocycles. The van der Waals surface area contributed by atoms with E-state index < -0.39 is 23.5 Å². The smallest absolute Gasteiger partial charge is 0.146 e. The third-order valence-corrected chi connectivity index (χ3v) is 3.73. The molecule has 0 radical (unpaired) electrons. The van der Waals surface area contributed by atoms with Crippen molar-refractivity contribution < 1.29 is 13.2 Å². The first-order chi connectivity index (χ1) is 9.47. The van der Waals surface area contributed by atoms with E-state index in [4.69, 9.17) is 17.4 Å². The highest BCUT2D eigenvalue weighted by Crippen LogP contribution is 2.33. The van der Waals surface area contributed by atoms with Gasteiger partial charge in [-0.05, 0) is 34.1 Å². The molecule has 0 saturated carbocycles. The number of nitrogens with one attached hydrogen (secondary N) is 1. The molecule has 0 bridgehead atoms. The largest absolute Gasteiger partial charge is 0.271 e. The summed E-state index contributed by atoms with van der Waals surface area (Å²) in [5.41, 5.74) is 1.78. The molecule has 2 nitrogen and oxygen atoms in total. The second-order valence-corrected chi connectivity index (χ2v) is 5.26. The van der Waals surface area contributed by atoms with E-state index in [2.05, 4.69) is 21.4 Å². The Hall–Kier alpha value is -1.08. The van der Waals surface area contributed by atoms with Crippen LogP contribution in [0.5, 0.6) is 0 Å². The summed E-state index contributed by atoms with van der Waals surface area (Å²) in [5.74, 6) is 2.86. The summed E-state index contributed by atoms with van der Waals surface area (Å²) in [4.78, 5) is 0. The summed E-state index contributed by atoms with van der Waals surface area (Å²) < 4.78 is 42.0. The first-order valence-corrected chi connectivity index (χ1v) is 6.68. The van der Waals surface area contributed by atoms with Crippen LogP contribution in [0, 0.1) is 17.5 Å². The van der Waals surface area contributed by atoms with Crippen molar-refractivity contribution in [2.24, 2.45) is 5.84 Å². The van der Waals surface area contributed by atoms with Crippen LogP contribution in [0.4, 0.5) is 13.2 Å². The van der Waals surface area contributed by atoms with Crippen molar-refractivity contribution in [2.45, 2.75) is 6.04 Å². The zero-order valence-electron chi connectivity index (χ0n) is 9.93. The van der Waals surface area contributed by atoms with Crippen molar-refractivity contribution in [3.8, 4) is 0 Å². The van der Waals surface area contributed by atoms with Gasteiger partial charge in [0.2, 0.25) is 0 Å². The number of hydrogen-bond donors (Lipinski definition) is 2. The van der Waals surface area contributed by atoms with Gasteiger partial charge in [0.1, 0.15) is 17.5 Å². The number of benzene rings is 2. The zero-order chi connectivity index (χ0) is 14.9. The summed E-state index contributed by atoms with van der Waals surface area (Å²) in [5, 5.41) is -0.154. The Kier molecular flexibility index (Phi) is 4.70. The highest BCUT2D eigenvalue weighted by atomic mass is 79.9. The molecule has 106 valence electrons. The predicted molar refractivity (Wildman–Crippen MR) is 74.6 cm³/mol. The van der Waals surface area contributed by atoms with Gasteiger partial charge in [-0.2, -0.15) is 0 Å². The van der Waals surface area contributed by atoms with Gasteiger partial charge in [-0.1, -0.05) is 23.7 Å². The van der Waals surface area contributed by atoms with Crippen LogP contribution in [0.2, 0.25) is 5.02 Å². The molecular formula is C13H9BrClF3N2. The second-order valence-electron chi connectivity index (χ2n) is 4.00. The molecule has 0 aliphatic carbocycles. The fourth-order valence-corrected chi connectivity index (χ4v) is 2.41. The highest BCUT2D eigenvalue weighted by molar-refractivity contribution is 9.10. The van der Waals surface area contributed by atoms with Crippen molar-refractivity contribution in [1.82, 2.24) is 5.43 Å². The van der Waals surface area contributed by atoms with E-state index in [9.17, 15) is 13.2 Å². The van der Waals surface area contributed by atoms with Gasteiger partial charge in [0.25, 0.3) is 0 Å². The molecule has 2 aromatic rings. The standard InChI is InChI=1S/C13H9BrClF3N2/c14-7-4-5-9(16)10(12(7)18)13(20-19)6-2-1-3-8(15)11(6)17/h1-5,13,20H,19H2. The lowest BCUT2D eigenvalue weighted by molar-refractivity contribution is 0.493. The third-order valence-electron chi connectivity index (χ3n) is 2.83. The van der Waals surface area contributed by atoms with E-state index in [1.807, 2.05) is 0 Å². The first kappa shape index (κ1) is 15.3. The van der Waals surface area contributed by atoms with Gasteiger partial charge in [-0.3, -0.25) is 5.84 Å². The molecule has 1 atom stereocenters. The van der Waals surface area contributed by atoms with Crippen LogP contribution in [-0.2, 0) is 0 Å². The summed E-state index contributed by atoms with van der Waals surface area (Å²) in [6.07, 6.45) is 0. The first-order valence-electron chi connectivity index (χ1n) is 5.50. The van der Waals surface area contributed by atoms with Crippen molar-refractivity contribution >= 4 is 27.5 Å². The molecular weight excluding hydrogens is 357 g/mol. The van der Waals surface area contributed by atoms with E-state index in [-0.39, 0.29) is 20.6 Å². The van der Waals surface area contributed by atoms with E-state index in [1.165, 1.54) is 24.3 Å². The maximum absolute atomic E-state index is 14.1. The number of nitrogens with two attached hydrogens (primary N) is 1. The van der Waals surface area contributed by atoms with Crippen molar-refractivity contribution in [3.05, 3.63) is 68.4 Å². The fourth-order valence-electron chi connectivity index (χ4n) is 1.88. The molecule has 0 saturated heterocycles. The molecule has 0 aliphatic heterocycles. The van der Waals surface area contributed by atoms with Crippen LogP contribution in [0.1, 0.15) is 17.2 Å². The minimum atomic E-state index is -1.20. The minimum absolute atomic E-state index is 0.0455. The van der Waals surface area contributed by atoms with Gasteiger partial charge in [0.05, 0.1) is 15.5 Å². The van der Waals surface area contributed by atoms with Crippen molar-refractivity contribution in [3.63, 3.8) is 0 Å². The zero-order valence-corrected chi connectivity index (χ0v) is 12.3. The highest BCUT2D eigenvalue weighted by Gasteiger charge is 2.25. The molecule has 1 unspecified atom stereocenters. The topological polar surface area (TPSA) is 38.0 Å². The van der Waals surface area contributed by atoms with Crippen LogP contribution >= 0.6 is 27.5 Å². The van der Waals surface area contributed by atoms with Crippen LogP contribution in [-0.4, -0.2) is 0 Å². The van der Waals surface area contributed by atoms with E-state index >= 15 is 0 Å². The number of halogens is 5. The Morgan fingerprint density at radius 3 is 2.45 bits per heavy atom. The molecule has 0 fully saturated rings. The predicted octanol–water partition coefficient (Wildman–Crippen LogP) is 4.07. The van der Waals surface area contributed by atoms with Gasteiger partial charge in [-0.15, -0.1) is 0 Å². The Balaban J connectivity index is 2.65. The summed E-state index contributed by atoms with van der Waals surface area (Å²) in [7, 11) is 0. The molecule has 20 heavy (non-hydrogen) atoms. The van der Waals surface area contributed by atoms with Gasteiger partial charge in [0.15, 0.2) is 0 Å². The lowest BCUT2D eigenvalue weighted by atomic mass is 9.97. The van der Waals surface area contributed by atoms with E-state index in [1.54, 1.807) is 0 Å². The summed E-state index contributed by atoms with van der Waals surface area (Å²) in [6.45, 7) is 0. The Labute approximate surface area is 126 Å². The molecule has 3 N–H and O–H groups in total. The van der Waals surface area contributed by atoms with E-state index in [0.717, 1.165) is 6.07 Å². The molecule has 0 spiro atoms. The average molecular weight is 366 g/mol. The van der Waals surface area contributed by atoms with Crippen LogP contribution in [0.25, 0.3) is 0 Å². The van der Waals surface area contributed by atoms with E-state index in [0.29, 0.717) is 0 Å². The molecule has 2 rings (SSSR count).